The molecule has 0 aromatic heterocycles. The highest BCUT2D eigenvalue weighted by Crippen LogP contribution is 2.32. The first-order chi connectivity index (χ1) is 7.47. The summed E-state index contributed by atoms with van der Waals surface area (Å²) in [6, 6.07) is 5.45. The molecule has 1 fully saturated rings. The van der Waals surface area contributed by atoms with Crippen LogP contribution in [0.25, 0.3) is 0 Å². The fourth-order valence-electron chi connectivity index (χ4n) is 1.90. The van der Waals surface area contributed by atoms with E-state index in [1.165, 1.54) is 12.1 Å². The van der Waals surface area contributed by atoms with Crippen LogP contribution in [0.5, 0.6) is 0 Å². The minimum atomic E-state index is -4.28. The monoisotopic (exact) mass is 230 g/mol. The van der Waals surface area contributed by atoms with Gasteiger partial charge in [-0.05, 0) is 24.6 Å². The molecule has 1 aliphatic heterocycles. The van der Waals surface area contributed by atoms with E-state index in [1.807, 2.05) is 4.90 Å². The molecule has 2 N–H and O–H groups in total. The van der Waals surface area contributed by atoms with Crippen LogP contribution in [0, 0.1) is 0 Å². The molecule has 0 unspecified atom stereocenters. The fraction of sp³-hybridized carbons (Fsp3) is 0.455. The molecule has 1 atom stereocenters. The molecular weight excluding hydrogens is 217 g/mol. The fourth-order valence-corrected chi connectivity index (χ4v) is 1.90. The van der Waals surface area contributed by atoms with Crippen LogP contribution in [0.15, 0.2) is 24.3 Å². The predicted molar refractivity (Wildman–Crippen MR) is 56.2 cm³/mol. The van der Waals surface area contributed by atoms with Crippen LogP contribution in [-0.2, 0) is 6.18 Å². The van der Waals surface area contributed by atoms with Crippen molar-refractivity contribution in [1.82, 2.24) is 0 Å². The minimum Gasteiger partial charge on any atom is -0.370 e. The van der Waals surface area contributed by atoms with Gasteiger partial charge in [0.05, 0.1) is 5.56 Å². The first kappa shape index (κ1) is 11.3. The van der Waals surface area contributed by atoms with E-state index in [0.29, 0.717) is 12.2 Å². The number of nitrogens with two attached hydrogens (primary N) is 1. The smallest absolute Gasteiger partial charge is 0.370 e. The molecule has 0 radical (unpaired) electrons. The van der Waals surface area contributed by atoms with Gasteiger partial charge in [-0.15, -0.1) is 0 Å². The van der Waals surface area contributed by atoms with Gasteiger partial charge in [-0.1, -0.05) is 6.07 Å². The van der Waals surface area contributed by atoms with Crippen molar-refractivity contribution in [3.8, 4) is 0 Å². The van der Waals surface area contributed by atoms with Crippen LogP contribution in [0.3, 0.4) is 0 Å². The molecule has 0 spiro atoms. The molecule has 1 aromatic carbocycles. The SMILES string of the molecule is N[C@H]1CCN(c2cccc(C(F)(F)F)c2)C1. The Morgan fingerprint density at radius 3 is 2.62 bits per heavy atom. The number of benzene rings is 1. The molecule has 2 rings (SSSR count). The van der Waals surface area contributed by atoms with Gasteiger partial charge in [-0.2, -0.15) is 13.2 Å². The maximum absolute atomic E-state index is 12.5. The Hall–Kier alpha value is -1.23. The van der Waals surface area contributed by atoms with Gasteiger partial charge in [0.2, 0.25) is 0 Å². The summed E-state index contributed by atoms with van der Waals surface area (Å²) in [5, 5.41) is 0. The number of rotatable bonds is 1. The number of halogens is 3. The maximum Gasteiger partial charge on any atom is 0.416 e. The average molecular weight is 230 g/mol. The van der Waals surface area contributed by atoms with E-state index in [1.54, 1.807) is 6.07 Å². The van der Waals surface area contributed by atoms with E-state index >= 15 is 0 Å². The average Bonchev–Trinajstić information content (AvgIpc) is 2.64. The summed E-state index contributed by atoms with van der Waals surface area (Å²) < 4.78 is 37.5. The van der Waals surface area contributed by atoms with Crippen molar-refractivity contribution in [3.05, 3.63) is 29.8 Å². The molecule has 5 heteroatoms. The van der Waals surface area contributed by atoms with Gasteiger partial charge >= 0.3 is 6.18 Å². The molecule has 1 heterocycles. The van der Waals surface area contributed by atoms with Gasteiger partial charge in [0.25, 0.3) is 0 Å². The zero-order valence-corrected chi connectivity index (χ0v) is 8.67. The van der Waals surface area contributed by atoms with Crippen molar-refractivity contribution in [1.29, 1.82) is 0 Å². The summed E-state index contributed by atoms with van der Waals surface area (Å²) in [4.78, 5) is 1.89. The molecule has 1 aromatic rings. The van der Waals surface area contributed by atoms with E-state index in [2.05, 4.69) is 0 Å². The summed E-state index contributed by atoms with van der Waals surface area (Å²) in [6.07, 6.45) is -3.45. The van der Waals surface area contributed by atoms with Gasteiger partial charge < -0.3 is 10.6 Å². The van der Waals surface area contributed by atoms with E-state index in [9.17, 15) is 13.2 Å². The standard InChI is InChI=1S/C11H13F3N2/c12-11(13,14)8-2-1-3-10(6-8)16-5-4-9(15)7-16/h1-3,6,9H,4-5,7,15H2/t9-/m0/s1. The largest absolute Gasteiger partial charge is 0.416 e. The quantitative estimate of drug-likeness (QED) is 0.801. The lowest BCUT2D eigenvalue weighted by atomic mass is 10.2. The Morgan fingerprint density at radius 2 is 2.06 bits per heavy atom. The zero-order chi connectivity index (χ0) is 11.8. The van der Waals surface area contributed by atoms with Crippen molar-refractivity contribution in [2.24, 2.45) is 5.73 Å². The Balaban J connectivity index is 2.23. The highest BCUT2D eigenvalue weighted by atomic mass is 19.4. The first-order valence-electron chi connectivity index (χ1n) is 5.14. The summed E-state index contributed by atoms with van der Waals surface area (Å²) in [7, 11) is 0. The number of hydrogen-bond acceptors (Lipinski definition) is 2. The van der Waals surface area contributed by atoms with Gasteiger partial charge in [0.15, 0.2) is 0 Å². The van der Waals surface area contributed by atoms with E-state index in [4.69, 9.17) is 5.73 Å². The summed E-state index contributed by atoms with van der Waals surface area (Å²) in [5.74, 6) is 0. The molecule has 1 saturated heterocycles. The second kappa shape index (κ2) is 3.97. The molecule has 0 aliphatic carbocycles. The van der Waals surface area contributed by atoms with Gasteiger partial charge in [-0.25, -0.2) is 0 Å². The number of anilines is 1. The van der Waals surface area contributed by atoms with Gasteiger partial charge in [0, 0.05) is 24.8 Å². The van der Waals surface area contributed by atoms with Crippen molar-refractivity contribution in [3.63, 3.8) is 0 Å². The van der Waals surface area contributed by atoms with Crippen LogP contribution in [0.4, 0.5) is 18.9 Å². The van der Waals surface area contributed by atoms with E-state index in [-0.39, 0.29) is 6.04 Å². The molecule has 16 heavy (non-hydrogen) atoms. The Labute approximate surface area is 91.8 Å². The predicted octanol–water partition coefficient (Wildman–Crippen LogP) is 2.24. The molecule has 0 saturated carbocycles. The van der Waals surface area contributed by atoms with Gasteiger partial charge in [0.1, 0.15) is 0 Å². The third kappa shape index (κ3) is 2.29. The molecule has 1 aliphatic rings. The molecule has 88 valence electrons. The molecule has 2 nitrogen and oxygen atoms in total. The minimum absolute atomic E-state index is 0.0644. The van der Waals surface area contributed by atoms with Crippen LogP contribution < -0.4 is 10.6 Å². The second-order valence-corrected chi connectivity index (χ2v) is 4.04. The highest BCUT2D eigenvalue weighted by molar-refractivity contribution is 5.50. The first-order valence-corrected chi connectivity index (χ1v) is 5.14. The third-order valence-electron chi connectivity index (χ3n) is 2.76. The number of nitrogens with zero attached hydrogens (tertiary/aromatic N) is 1. The van der Waals surface area contributed by atoms with E-state index in [0.717, 1.165) is 19.0 Å². The normalized spacial score (nSPS) is 21.5. The number of hydrogen-bond donors (Lipinski definition) is 1. The van der Waals surface area contributed by atoms with Gasteiger partial charge in [-0.3, -0.25) is 0 Å². The molecule has 0 bridgehead atoms. The van der Waals surface area contributed by atoms with Crippen LogP contribution >= 0.6 is 0 Å². The van der Waals surface area contributed by atoms with Crippen molar-refractivity contribution < 1.29 is 13.2 Å². The summed E-state index contributed by atoms with van der Waals surface area (Å²) in [5.41, 5.74) is 5.72. The molecular formula is C11H13F3N2. The zero-order valence-electron chi connectivity index (χ0n) is 8.67. The lowest BCUT2D eigenvalue weighted by Gasteiger charge is -2.19. The van der Waals surface area contributed by atoms with E-state index < -0.39 is 11.7 Å². The molecule has 0 amide bonds. The van der Waals surface area contributed by atoms with Crippen LogP contribution in [0.2, 0.25) is 0 Å². The lowest BCUT2D eigenvalue weighted by Crippen LogP contribution is -2.26. The lowest BCUT2D eigenvalue weighted by molar-refractivity contribution is -0.137. The number of alkyl halides is 3. The maximum atomic E-state index is 12.5. The van der Waals surface area contributed by atoms with Crippen molar-refractivity contribution >= 4 is 5.69 Å². The Kier molecular flexibility index (Phi) is 2.80. The van der Waals surface area contributed by atoms with Crippen LogP contribution in [-0.4, -0.2) is 19.1 Å². The summed E-state index contributed by atoms with van der Waals surface area (Å²) >= 11 is 0. The Morgan fingerprint density at radius 1 is 1.31 bits per heavy atom. The Bertz CT molecular complexity index is 376. The summed E-state index contributed by atoms with van der Waals surface area (Å²) in [6.45, 7) is 1.35. The third-order valence-corrected chi connectivity index (χ3v) is 2.76. The second-order valence-electron chi connectivity index (χ2n) is 4.04. The van der Waals surface area contributed by atoms with Crippen molar-refractivity contribution in [2.75, 3.05) is 18.0 Å². The van der Waals surface area contributed by atoms with Crippen LogP contribution in [0.1, 0.15) is 12.0 Å². The highest BCUT2D eigenvalue weighted by Gasteiger charge is 2.31. The topological polar surface area (TPSA) is 29.3 Å². The van der Waals surface area contributed by atoms with Crippen molar-refractivity contribution in [2.45, 2.75) is 18.6 Å².